The molecule has 2 saturated heterocycles. The Morgan fingerprint density at radius 3 is 2.48 bits per heavy atom. The van der Waals surface area contributed by atoms with Crippen LogP contribution >= 0.6 is 0 Å². The van der Waals surface area contributed by atoms with Crippen molar-refractivity contribution in [2.45, 2.75) is 94.8 Å². The second-order valence-corrected chi connectivity index (χ2v) is 15.1. The van der Waals surface area contributed by atoms with Crippen LogP contribution < -0.4 is 5.32 Å². The van der Waals surface area contributed by atoms with Crippen molar-refractivity contribution in [3.8, 4) is 0 Å². The molecule has 11 atom stereocenters. The summed E-state index contributed by atoms with van der Waals surface area (Å²) in [5.74, 6) is -1.65. The van der Waals surface area contributed by atoms with E-state index in [9.17, 15) is 28.6 Å². The maximum Gasteiger partial charge on any atom is 0.297 e. The number of amides is 1. The Bertz CT molecular complexity index is 1320. The first kappa shape index (κ1) is 28.1. The van der Waals surface area contributed by atoms with Crippen LogP contribution in [0.15, 0.2) is 40.4 Å². The first-order valence-electron chi connectivity index (χ1n) is 14.3. The molecule has 5 fully saturated rings. The van der Waals surface area contributed by atoms with Gasteiger partial charge in [-0.05, 0) is 49.7 Å². The summed E-state index contributed by atoms with van der Waals surface area (Å²) in [6.45, 7) is 8.22. The van der Waals surface area contributed by atoms with Gasteiger partial charge in [0.1, 0.15) is 12.3 Å². The van der Waals surface area contributed by atoms with E-state index in [1.165, 1.54) is 12.1 Å². The van der Waals surface area contributed by atoms with Crippen LogP contribution in [0, 0.1) is 40.4 Å². The summed E-state index contributed by atoms with van der Waals surface area (Å²) in [4.78, 5) is 12.7. The number of aliphatic hydroxyl groups is 2. The van der Waals surface area contributed by atoms with Gasteiger partial charge < -0.3 is 25.5 Å². The predicted molar refractivity (Wildman–Crippen MR) is 144 cm³/mol. The molecule has 2 aliphatic heterocycles. The lowest BCUT2D eigenvalue weighted by molar-refractivity contribution is -0.327. The average molecular weight is 577 g/mol. The van der Waals surface area contributed by atoms with E-state index in [1.54, 1.807) is 18.2 Å². The van der Waals surface area contributed by atoms with E-state index in [2.05, 4.69) is 24.3 Å². The van der Waals surface area contributed by atoms with Crippen LogP contribution in [0.5, 0.6) is 0 Å². The lowest BCUT2D eigenvalue weighted by atomic mass is 9.42. The number of oxime groups is 1. The van der Waals surface area contributed by atoms with Crippen molar-refractivity contribution >= 4 is 21.7 Å². The van der Waals surface area contributed by atoms with Crippen molar-refractivity contribution in [1.82, 2.24) is 5.32 Å². The Hall–Kier alpha value is -2.05. The van der Waals surface area contributed by atoms with E-state index >= 15 is 0 Å². The van der Waals surface area contributed by atoms with Crippen LogP contribution in [0.2, 0.25) is 0 Å². The molecular weight excluding hydrogens is 536 g/mol. The molecule has 220 valence electrons. The van der Waals surface area contributed by atoms with Gasteiger partial charge in [0.25, 0.3) is 10.1 Å². The number of aliphatic hydroxyl groups excluding tert-OH is 2. The molecule has 6 rings (SSSR count). The molecule has 1 aromatic carbocycles. The molecule has 4 N–H and O–H groups in total. The number of carbonyl (C=O) groups excluding carboxylic acids is 1. The summed E-state index contributed by atoms with van der Waals surface area (Å²) in [5, 5.41) is 38.6. The van der Waals surface area contributed by atoms with Crippen LogP contribution in [0.25, 0.3) is 0 Å². The number of benzene rings is 1. The number of carbonyl (C=O) groups is 1. The van der Waals surface area contributed by atoms with Gasteiger partial charge in [-0.15, -0.1) is 0 Å². The molecule has 3 aliphatic carbocycles. The third-order valence-electron chi connectivity index (χ3n) is 11.5. The SMILES string of the molecule is CC1CCC2C(C)(C)C(=NO)C(OS(=O)(=O)c3ccccc3)CC23OC2C(CC13C)C(O)CC1C(=O)NC(O)C12. The summed E-state index contributed by atoms with van der Waals surface area (Å²) < 4.78 is 40.0. The number of fused-ring (bicyclic) bond motifs is 3. The highest BCUT2D eigenvalue weighted by atomic mass is 32.2. The maximum atomic E-state index is 13.4. The highest BCUT2D eigenvalue weighted by molar-refractivity contribution is 7.86. The van der Waals surface area contributed by atoms with Gasteiger partial charge in [-0.3, -0.25) is 8.98 Å². The second-order valence-electron chi connectivity index (χ2n) is 13.5. The summed E-state index contributed by atoms with van der Waals surface area (Å²) in [6.07, 6.45) is -0.915. The Morgan fingerprint density at radius 1 is 1.10 bits per heavy atom. The van der Waals surface area contributed by atoms with E-state index in [-0.39, 0.29) is 47.1 Å². The Kier molecular flexibility index (Phi) is 6.48. The fourth-order valence-corrected chi connectivity index (χ4v) is 10.3. The van der Waals surface area contributed by atoms with E-state index in [0.717, 1.165) is 12.8 Å². The molecule has 11 heteroatoms. The molecule has 0 aromatic heterocycles. The van der Waals surface area contributed by atoms with Crippen molar-refractivity contribution in [3.63, 3.8) is 0 Å². The minimum Gasteiger partial charge on any atom is -0.411 e. The lowest BCUT2D eigenvalue weighted by Crippen LogP contribution is -2.74. The predicted octanol–water partition coefficient (Wildman–Crippen LogP) is 2.66. The van der Waals surface area contributed by atoms with Gasteiger partial charge in [-0.1, -0.05) is 51.0 Å². The van der Waals surface area contributed by atoms with Gasteiger partial charge in [0, 0.05) is 29.1 Å². The van der Waals surface area contributed by atoms with Crippen molar-refractivity contribution in [2.75, 3.05) is 0 Å². The van der Waals surface area contributed by atoms with E-state index < -0.39 is 62.9 Å². The molecule has 0 bridgehead atoms. The standard InChI is InChI=1S/C29H40N2O8S/c1-15-10-11-21-27(2,3)24(31-35)20(39-40(36,37)16-8-6-5-7-9-16)14-29(21)28(15,4)13-18-19(32)12-17-22(23(18)38-29)26(34)30-25(17)33/h5-9,15,17-23,26,32,34-35H,10-14H2,1-4H3,(H,30,33). The van der Waals surface area contributed by atoms with Gasteiger partial charge in [0.15, 0.2) is 0 Å². The third kappa shape index (κ3) is 3.77. The van der Waals surface area contributed by atoms with Crippen LogP contribution in [0.4, 0.5) is 0 Å². The molecule has 1 spiro atoms. The monoisotopic (exact) mass is 576 g/mol. The first-order valence-corrected chi connectivity index (χ1v) is 15.7. The van der Waals surface area contributed by atoms with Crippen LogP contribution in [-0.2, 0) is 23.8 Å². The Morgan fingerprint density at radius 2 is 1.80 bits per heavy atom. The average Bonchev–Trinajstić information content (AvgIpc) is 3.17. The van der Waals surface area contributed by atoms with Crippen LogP contribution in [0.3, 0.4) is 0 Å². The summed E-state index contributed by atoms with van der Waals surface area (Å²) in [7, 11) is -4.21. The number of nitrogens with zero attached hydrogens (tertiary/aromatic N) is 1. The molecule has 5 aliphatic rings. The number of hydrogen-bond donors (Lipinski definition) is 4. The zero-order valence-electron chi connectivity index (χ0n) is 23.4. The van der Waals surface area contributed by atoms with Gasteiger partial charge >= 0.3 is 0 Å². The zero-order valence-corrected chi connectivity index (χ0v) is 24.2. The molecule has 11 unspecified atom stereocenters. The normalized spacial score (nSPS) is 47.0. The lowest BCUT2D eigenvalue weighted by Gasteiger charge is -2.70. The first-order chi connectivity index (χ1) is 18.8. The fourth-order valence-electron chi connectivity index (χ4n) is 9.28. The quantitative estimate of drug-likeness (QED) is 0.243. The number of ether oxygens (including phenoxy) is 1. The molecule has 40 heavy (non-hydrogen) atoms. The minimum absolute atomic E-state index is 0.00558. The van der Waals surface area contributed by atoms with Crippen molar-refractivity contribution in [1.29, 1.82) is 0 Å². The van der Waals surface area contributed by atoms with Crippen molar-refractivity contribution in [2.24, 2.45) is 45.6 Å². The van der Waals surface area contributed by atoms with E-state index in [4.69, 9.17) is 8.92 Å². The number of nitrogens with one attached hydrogen (secondary N) is 1. The van der Waals surface area contributed by atoms with Crippen molar-refractivity contribution < 1.29 is 37.6 Å². The van der Waals surface area contributed by atoms with Crippen molar-refractivity contribution in [3.05, 3.63) is 30.3 Å². The Labute approximate surface area is 235 Å². The number of hydrogen-bond acceptors (Lipinski definition) is 9. The topological polar surface area (TPSA) is 155 Å². The zero-order chi connectivity index (χ0) is 28.8. The van der Waals surface area contributed by atoms with Gasteiger partial charge in [-0.25, -0.2) is 0 Å². The van der Waals surface area contributed by atoms with Crippen LogP contribution in [0.1, 0.15) is 59.8 Å². The summed E-state index contributed by atoms with van der Waals surface area (Å²) >= 11 is 0. The fraction of sp³-hybridized carbons (Fsp3) is 0.724. The molecule has 1 amide bonds. The van der Waals surface area contributed by atoms with Gasteiger partial charge in [0.05, 0.1) is 34.3 Å². The molecule has 3 saturated carbocycles. The van der Waals surface area contributed by atoms with Crippen LogP contribution in [-0.4, -0.2) is 65.6 Å². The van der Waals surface area contributed by atoms with E-state index in [0.29, 0.717) is 6.42 Å². The number of rotatable bonds is 3. The summed E-state index contributed by atoms with van der Waals surface area (Å²) in [6, 6.07) is 7.88. The maximum absolute atomic E-state index is 13.4. The second kappa shape index (κ2) is 9.22. The highest BCUT2D eigenvalue weighted by Gasteiger charge is 2.72. The van der Waals surface area contributed by atoms with Gasteiger partial charge in [-0.2, -0.15) is 8.42 Å². The largest absolute Gasteiger partial charge is 0.411 e. The molecule has 1 aromatic rings. The molecule has 2 heterocycles. The van der Waals surface area contributed by atoms with Gasteiger partial charge in [0.2, 0.25) is 5.91 Å². The molecule has 10 nitrogen and oxygen atoms in total. The highest BCUT2D eigenvalue weighted by Crippen LogP contribution is 2.68. The third-order valence-corrected chi connectivity index (χ3v) is 12.8. The van der Waals surface area contributed by atoms with E-state index in [1.807, 2.05) is 13.8 Å². The summed E-state index contributed by atoms with van der Waals surface area (Å²) in [5.41, 5.74) is -1.95. The smallest absolute Gasteiger partial charge is 0.297 e. The molecule has 0 radical (unpaired) electrons. The molecular formula is C29H40N2O8S. The minimum atomic E-state index is -4.21. The Balaban J connectivity index is 1.47.